The van der Waals surface area contributed by atoms with Crippen molar-refractivity contribution >= 4 is 11.8 Å². The number of pyridine rings is 1. The summed E-state index contributed by atoms with van der Waals surface area (Å²) in [7, 11) is 0. The Labute approximate surface area is 126 Å². The summed E-state index contributed by atoms with van der Waals surface area (Å²) in [5.41, 5.74) is 2.42. The molecule has 1 fully saturated rings. The van der Waals surface area contributed by atoms with Crippen LogP contribution in [0, 0.1) is 6.92 Å². The van der Waals surface area contributed by atoms with Gasteiger partial charge in [0.15, 0.2) is 0 Å². The predicted octanol–water partition coefficient (Wildman–Crippen LogP) is 2.36. The molecule has 5 nitrogen and oxygen atoms in total. The fourth-order valence-corrected chi connectivity index (χ4v) is 2.62. The summed E-state index contributed by atoms with van der Waals surface area (Å²) in [5, 5.41) is 0. The zero-order valence-electron chi connectivity index (χ0n) is 13.1. The highest BCUT2D eigenvalue weighted by atomic mass is 16.5. The third-order valence-corrected chi connectivity index (χ3v) is 3.60. The van der Waals surface area contributed by atoms with Gasteiger partial charge in [0, 0.05) is 13.1 Å². The van der Waals surface area contributed by atoms with E-state index in [1.165, 1.54) is 0 Å². The Hall–Kier alpha value is -1.62. The molecule has 0 unspecified atom stereocenters. The molecule has 1 saturated heterocycles. The minimum absolute atomic E-state index is 0.264. The number of hydrogen-bond acceptors (Lipinski definition) is 5. The van der Waals surface area contributed by atoms with E-state index in [9.17, 15) is 4.79 Å². The van der Waals surface area contributed by atoms with Crippen molar-refractivity contribution in [2.24, 2.45) is 0 Å². The van der Waals surface area contributed by atoms with Crippen LogP contribution in [0.2, 0.25) is 0 Å². The van der Waals surface area contributed by atoms with Crippen LogP contribution in [0.1, 0.15) is 41.9 Å². The molecular formula is C16H24N2O3. The normalized spacial score (nSPS) is 15.1. The van der Waals surface area contributed by atoms with Crippen LogP contribution in [0.25, 0.3) is 0 Å². The zero-order valence-corrected chi connectivity index (χ0v) is 13.1. The number of morpholine rings is 1. The van der Waals surface area contributed by atoms with Crippen molar-refractivity contribution in [2.45, 2.75) is 33.6 Å². The summed E-state index contributed by atoms with van der Waals surface area (Å²) in [6.07, 6.45) is 1.84. The van der Waals surface area contributed by atoms with Gasteiger partial charge in [-0.15, -0.1) is 0 Å². The lowest BCUT2D eigenvalue weighted by Gasteiger charge is -2.29. The summed E-state index contributed by atoms with van der Waals surface area (Å²) < 4.78 is 10.5. The van der Waals surface area contributed by atoms with Gasteiger partial charge in [-0.3, -0.25) is 0 Å². The van der Waals surface area contributed by atoms with Gasteiger partial charge in [-0.2, -0.15) is 0 Å². The molecule has 0 radical (unpaired) electrons. The predicted molar refractivity (Wildman–Crippen MR) is 82.0 cm³/mol. The molecule has 21 heavy (non-hydrogen) atoms. The van der Waals surface area contributed by atoms with Crippen molar-refractivity contribution in [1.29, 1.82) is 0 Å². The molecule has 0 N–H and O–H groups in total. The number of hydrogen-bond donors (Lipinski definition) is 0. The van der Waals surface area contributed by atoms with Gasteiger partial charge in [-0.25, -0.2) is 9.78 Å². The van der Waals surface area contributed by atoms with Crippen LogP contribution in [0.3, 0.4) is 0 Å². The largest absolute Gasteiger partial charge is 0.462 e. The van der Waals surface area contributed by atoms with Gasteiger partial charge in [0.25, 0.3) is 0 Å². The van der Waals surface area contributed by atoms with E-state index in [0.29, 0.717) is 12.2 Å². The number of esters is 1. The standard InChI is InChI=1S/C16H24N2O3/c1-4-6-13-11-14(18-7-9-20-10-8-18)17-12(3)15(13)16(19)21-5-2/h11H,4-10H2,1-3H3. The van der Waals surface area contributed by atoms with Crippen molar-refractivity contribution in [3.63, 3.8) is 0 Å². The number of ether oxygens (including phenoxy) is 2. The van der Waals surface area contributed by atoms with E-state index in [1.54, 1.807) is 0 Å². The van der Waals surface area contributed by atoms with Gasteiger partial charge in [0.05, 0.1) is 31.1 Å². The van der Waals surface area contributed by atoms with Crippen LogP contribution in [-0.4, -0.2) is 43.9 Å². The van der Waals surface area contributed by atoms with Gasteiger partial charge in [-0.1, -0.05) is 13.3 Å². The molecule has 0 aliphatic carbocycles. The van der Waals surface area contributed by atoms with Crippen LogP contribution < -0.4 is 4.90 Å². The van der Waals surface area contributed by atoms with Crippen molar-refractivity contribution in [1.82, 2.24) is 4.98 Å². The quantitative estimate of drug-likeness (QED) is 0.780. The third kappa shape index (κ3) is 3.73. The fourth-order valence-electron chi connectivity index (χ4n) is 2.62. The number of aromatic nitrogens is 1. The van der Waals surface area contributed by atoms with E-state index in [2.05, 4.69) is 16.8 Å². The van der Waals surface area contributed by atoms with Gasteiger partial charge < -0.3 is 14.4 Å². The molecular weight excluding hydrogens is 268 g/mol. The molecule has 2 heterocycles. The van der Waals surface area contributed by atoms with Crippen molar-refractivity contribution in [3.8, 4) is 0 Å². The second-order valence-electron chi connectivity index (χ2n) is 5.17. The second kappa shape index (κ2) is 7.41. The first-order valence-electron chi connectivity index (χ1n) is 7.67. The maximum Gasteiger partial charge on any atom is 0.340 e. The molecule has 1 aliphatic rings. The Kier molecular flexibility index (Phi) is 5.56. The number of carbonyl (C=O) groups excluding carboxylic acids is 1. The average molecular weight is 292 g/mol. The molecule has 2 rings (SSSR count). The molecule has 0 atom stereocenters. The van der Waals surface area contributed by atoms with Crippen LogP contribution in [0.4, 0.5) is 5.82 Å². The highest BCUT2D eigenvalue weighted by Crippen LogP contribution is 2.23. The summed E-state index contributed by atoms with van der Waals surface area (Å²) in [4.78, 5) is 19.0. The number of aryl methyl sites for hydroxylation is 2. The Morgan fingerprint density at radius 2 is 2.10 bits per heavy atom. The van der Waals surface area contributed by atoms with Gasteiger partial charge in [0.2, 0.25) is 0 Å². The molecule has 0 aromatic carbocycles. The number of nitrogens with zero attached hydrogens (tertiary/aromatic N) is 2. The Morgan fingerprint density at radius 1 is 1.38 bits per heavy atom. The first kappa shape index (κ1) is 15.8. The van der Waals surface area contributed by atoms with Crippen molar-refractivity contribution in [2.75, 3.05) is 37.8 Å². The Morgan fingerprint density at radius 3 is 2.71 bits per heavy atom. The number of anilines is 1. The van der Waals surface area contributed by atoms with E-state index in [0.717, 1.165) is 56.2 Å². The highest BCUT2D eigenvalue weighted by Gasteiger charge is 2.20. The van der Waals surface area contributed by atoms with Crippen molar-refractivity contribution in [3.05, 3.63) is 22.9 Å². The molecule has 0 spiro atoms. The summed E-state index contributed by atoms with van der Waals surface area (Å²) >= 11 is 0. The van der Waals surface area contributed by atoms with E-state index >= 15 is 0 Å². The fraction of sp³-hybridized carbons (Fsp3) is 0.625. The van der Waals surface area contributed by atoms with Gasteiger partial charge >= 0.3 is 5.97 Å². The van der Waals surface area contributed by atoms with E-state index in [4.69, 9.17) is 9.47 Å². The lowest BCUT2D eigenvalue weighted by molar-refractivity contribution is 0.0523. The monoisotopic (exact) mass is 292 g/mol. The summed E-state index contributed by atoms with van der Waals surface area (Å²) in [6.45, 7) is 9.34. The van der Waals surface area contributed by atoms with Gasteiger partial charge in [-0.05, 0) is 31.9 Å². The van der Waals surface area contributed by atoms with Crippen LogP contribution >= 0.6 is 0 Å². The van der Waals surface area contributed by atoms with Crippen LogP contribution in [0.15, 0.2) is 6.07 Å². The topological polar surface area (TPSA) is 51.7 Å². The first-order valence-corrected chi connectivity index (χ1v) is 7.67. The first-order chi connectivity index (χ1) is 10.2. The molecule has 116 valence electrons. The van der Waals surface area contributed by atoms with E-state index in [-0.39, 0.29) is 5.97 Å². The highest BCUT2D eigenvalue weighted by molar-refractivity contribution is 5.92. The lowest BCUT2D eigenvalue weighted by atomic mass is 10.0. The maximum absolute atomic E-state index is 12.2. The third-order valence-electron chi connectivity index (χ3n) is 3.60. The molecule has 1 aromatic rings. The maximum atomic E-state index is 12.2. The SMILES string of the molecule is CCCc1cc(N2CCOCC2)nc(C)c1C(=O)OCC. The number of carbonyl (C=O) groups is 1. The van der Waals surface area contributed by atoms with Crippen LogP contribution in [-0.2, 0) is 15.9 Å². The molecule has 1 aliphatic heterocycles. The van der Waals surface area contributed by atoms with Gasteiger partial charge in [0.1, 0.15) is 5.82 Å². The van der Waals surface area contributed by atoms with Crippen LogP contribution in [0.5, 0.6) is 0 Å². The van der Waals surface area contributed by atoms with Crippen molar-refractivity contribution < 1.29 is 14.3 Å². The second-order valence-corrected chi connectivity index (χ2v) is 5.17. The Bertz CT molecular complexity index is 497. The summed E-state index contributed by atoms with van der Waals surface area (Å²) in [5.74, 6) is 0.673. The van der Waals surface area contributed by atoms with E-state index in [1.807, 2.05) is 19.9 Å². The van der Waals surface area contributed by atoms with E-state index < -0.39 is 0 Å². The molecule has 5 heteroatoms. The minimum Gasteiger partial charge on any atom is -0.462 e. The lowest BCUT2D eigenvalue weighted by Crippen LogP contribution is -2.37. The average Bonchev–Trinajstić information content (AvgIpc) is 2.48. The minimum atomic E-state index is -0.264. The number of rotatable bonds is 5. The Balaban J connectivity index is 2.35. The molecule has 1 aromatic heterocycles. The molecule has 0 saturated carbocycles. The zero-order chi connectivity index (χ0) is 15.2. The molecule has 0 bridgehead atoms. The summed E-state index contributed by atoms with van der Waals surface area (Å²) in [6, 6.07) is 2.04. The smallest absolute Gasteiger partial charge is 0.340 e. The molecule has 0 amide bonds.